The number of thiophene rings is 1. The molecule has 1 amide bonds. The van der Waals surface area contributed by atoms with E-state index in [0.29, 0.717) is 17.8 Å². The third-order valence-corrected chi connectivity index (χ3v) is 5.56. The summed E-state index contributed by atoms with van der Waals surface area (Å²) in [5, 5.41) is 4.82. The number of rotatable bonds is 5. The van der Waals surface area contributed by atoms with Crippen molar-refractivity contribution in [3.63, 3.8) is 0 Å². The van der Waals surface area contributed by atoms with Gasteiger partial charge in [0.25, 0.3) is 5.91 Å². The number of benzene rings is 1. The molecule has 0 atom stereocenters. The largest absolute Gasteiger partial charge is 0.347 e. The summed E-state index contributed by atoms with van der Waals surface area (Å²) >= 11 is 5.13. The van der Waals surface area contributed by atoms with E-state index in [-0.39, 0.29) is 18.3 Å². The van der Waals surface area contributed by atoms with E-state index in [9.17, 15) is 9.18 Å². The van der Waals surface area contributed by atoms with Gasteiger partial charge in [0, 0.05) is 24.0 Å². The molecule has 0 unspecified atom stereocenters. The van der Waals surface area contributed by atoms with Crippen molar-refractivity contribution in [2.75, 3.05) is 0 Å². The second kappa shape index (κ2) is 7.32. The van der Waals surface area contributed by atoms with Gasteiger partial charge < -0.3 is 9.88 Å². The van der Waals surface area contributed by atoms with Crippen LogP contribution in [0.1, 0.15) is 23.0 Å². The summed E-state index contributed by atoms with van der Waals surface area (Å²) in [5.41, 5.74) is 2.06. The van der Waals surface area contributed by atoms with Crippen molar-refractivity contribution in [1.82, 2.24) is 9.88 Å². The molecule has 0 aliphatic heterocycles. The first kappa shape index (κ1) is 16.9. The maximum Gasteiger partial charge on any atom is 0.268 e. The van der Waals surface area contributed by atoms with Crippen molar-refractivity contribution >= 4 is 43.4 Å². The van der Waals surface area contributed by atoms with Crippen LogP contribution < -0.4 is 5.32 Å². The quantitative estimate of drug-likeness (QED) is 0.586. The van der Waals surface area contributed by atoms with Crippen molar-refractivity contribution in [3.05, 3.63) is 69.4 Å². The number of hydrogen-bond acceptors (Lipinski definition) is 2. The van der Waals surface area contributed by atoms with Gasteiger partial charge in [-0.05, 0) is 35.0 Å². The predicted molar refractivity (Wildman–Crippen MR) is 99.9 cm³/mol. The first-order valence-electron chi connectivity index (χ1n) is 7.50. The Labute approximate surface area is 151 Å². The number of nitrogens with one attached hydrogen (secondary N) is 1. The summed E-state index contributed by atoms with van der Waals surface area (Å²) in [6.07, 6.45) is 3.95. The van der Waals surface area contributed by atoms with Crippen molar-refractivity contribution in [2.24, 2.45) is 0 Å². The molecule has 3 nitrogen and oxygen atoms in total. The minimum atomic E-state index is -0.314. The van der Waals surface area contributed by atoms with Gasteiger partial charge in [0.05, 0.1) is 14.7 Å². The summed E-state index contributed by atoms with van der Waals surface area (Å²) in [4.78, 5) is 12.6. The maximum atomic E-state index is 13.7. The molecule has 0 fully saturated rings. The van der Waals surface area contributed by atoms with Crippen LogP contribution in [0.3, 0.4) is 0 Å². The molecule has 2 aromatic heterocycles. The molecule has 0 radical (unpaired) electrons. The van der Waals surface area contributed by atoms with Gasteiger partial charge in [-0.1, -0.05) is 30.4 Å². The van der Waals surface area contributed by atoms with Gasteiger partial charge in [-0.3, -0.25) is 4.79 Å². The van der Waals surface area contributed by atoms with Crippen LogP contribution in [-0.2, 0) is 13.1 Å². The molecule has 0 saturated carbocycles. The number of allylic oxidation sites excluding steroid dienone is 2. The number of halogens is 2. The first-order chi connectivity index (χ1) is 11.6. The van der Waals surface area contributed by atoms with Crippen LogP contribution in [0.2, 0.25) is 0 Å². The SMILES string of the molecule is C/C=C/Cn1c(C(=O)NCc2ccccc2F)cc2scc(Br)c21. The molecule has 124 valence electrons. The fourth-order valence-electron chi connectivity index (χ4n) is 2.53. The van der Waals surface area contributed by atoms with Gasteiger partial charge in [-0.25, -0.2) is 4.39 Å². The number of carbonyl (C=O) groups excluding carboxylic acids is 1. The van der Waals surface area contributed by atoms with E-state index in [1.54, 1.807) is 29.5 Å². The van der Waals surface area contributed by atoms with Crippen LogP contribution in [0, 0.1) is 5.82 Å². The third kappa shape index (κ3) is 3.30. The molecule has 0 aliphatic rings. The molecule has 3 aromatic rings. The Kier molecular flexibility index (Phi) is 5.16. The summed E-state index contributed by atoms with van der Waals surface area (Å²) < 4.78 is 17.7. The minimum Gasteiger partial charge on any atom is -0.347 e. The van der Waals surface area contributed by atoms with Gasteiger partial charge >= 0.3 is 0 Å². The highest BCUT2D eigenvalue weighted by atomic mass is 79.9. The number of hydrogen-bond donors (Lipinski definition) is 1. The van der Waals surface area contributed by atoms with Crippen molar-refractivity contribution in [3.8, 4) is 0 Å². The topological polar surface area (TPSA) is 34.0 Å². The Morgan fingerprint density at radius 3 is 2.96 bits per heavy atom. The van der Waals surface area contributed by atoms with E-state index in [2.05, 4.69) is 21.2 Å². The van der Waals surface area contributed by atoms with Gasteiger partial charge in [0.15, 0.2) is 0 Å². The fourth-order valence-corrected chi connectivity index (χ4v) is 4.22. The molecule has 0 bridgehead atoms. The molecule has 3 rings (SSSR count). The molecule has 6 heteroatoms. The lowest BCUT2D eigenvalue weighted by molar-refractivity contribution is 0.0942. The first-order valence-corrected chi connectivity index (χ1v) is 9.18. The standard InChI is InChI=1S/C18H16BrFN2OS/c1-2-3-8-22-15(9-16-17(22)13(19)11-24-16)18(23)21-10-12-6-4-5-7-14(12)20/h2-7,9,11H,8,10H2,1H3,(H,21,23)/b3-2+. The van der Waals surface area contributed by atoms with Crippen molar-refractivity contribution < 1.29 is 9.18 Å². The second-order valence-corrected chi connectivity index (χ2v) is 7.05. The van der Waals surface area contributed by atoms with E-state index in [1.807, 2.05) is 35.1 Å². The number of nitrogens with zero attached hydrogens (tertiary/aromatic N) is 1. The fraction of sp³-hybridized carbons (Fsp3) is 0.167. The average molecular weight is 407 g/mol. The van der Waals surface area contributed by atoms with E-state index in [1.165, 1.54) is 6.07 Å². The number of aromatic nitrogens is 1. The van der Waals surface area contributed by atoms with Gasteiger partial charge in [0.1, 0.15) is 11.5 Å². The van der Waals surface area contributed by atoms with Gasteiger partial charge in [0.2, 0.25) is 0 Å². The van der Waals surface area contributed by atoms with E-state index >= 15 is 0 Å². The normalized spacial score (nSPS) is 11.5. The van der Waals surface area contributed by atoms with Crippen LogP contribution in [-0.4, -0.2) is 10.5 Å². The lowest BCUT2D eigenvalue weighted by Crippen LogP contribution is -2.25. The zero-order valence-electron chi connectivity index (χ0n) is 13.1. The van der Waals surface area contributed by atoms with Crippen molar-refractivity contribution in [2.45, 2.75) is 20.0 Å². The lowest BCUT2D eigenvalue weighted by Gasteiger charge is -2.10. The summed E-state index contributed by atoms with van der Waals surface area (Å²) in [7, 11) is 0. The monoisotopic (exact) mass is 406 g/mol. The van der Waals surface area contributed by atoms with Crippen LogP contribution in [0.4, 0.5) is 4.39 Å². The van der Waals surface area contributed by atoms with Crippen LogP contribution in [0.5, 0.6) is 0 Å². The molecule has 1 N–H and O–H groups in total. The van der Waals surface area contributed by atoms with Gasteiger partial charge in [-0.15, -0.1) is 11.3 Å². The maximum absolute atomic E-state index is 13.7. The summed E-state index contributed by atoms with van der Waals surface area (Å²) in [5.74, 6) is -0.524. The number of carbonyl (C=O) groups is 1. The minimum absolute atomic E-state index is 0.162. The smallest absolute Gasteiger partial charge is 0.268 e. The Morgan fingerprint density at radius 1 is 1.42 bits per heavy atom. The van der Waals surface area contributed by atoms with E-state index in [0.717, 1.165) is 14.7 Å². The second-order valence-electron chi connectivity index (χ2n) is 5.28. The van der Waals surface area contributed by atoms with E-state index < -0.39 is 0 Å². The Bertz CT molecular complexity index is 913. The molecule has 1 aromatic carbocycles. The summed E-state index contributed by atoms with van der Waals surface area (Å²) in [6.45, 7) is 2.72. The van der Waals surface area contributed by atoms with Crippen molar-refractivity contribution in [1.29, 1.82) is 0 Å². The molecule has 0 saturated heterocycles. The summed E-state index contributed by atoms with van der Waals surface area (Å²) in [6, 6.07) is 8.33. The van der Waals surface area contributed by atoms with Crippen LogP contribution in [0.15, 0.2) is 52.3 Å². The van der Waals surface area contributed by atoms with Gasteiger partial charge in [-0.2, -0.15) is 0 Å². The van der Waals surface area contributed by atoms with E-state index in [4.69, 9.17) is 0 Å². The molecular weight excluding hydrogens is 391 g/mol. The Hall–Kier alpha value is -1.92. The number of fused-ring (bicyclic) bond motifs is 1. The lowest BCUT2D eigenvalue weighted by atomic mass is 10.2. The zero-order valence-corrected chi connectivity index (χ0v) is 15.5. The van der Waals surface area contributed by atoms with Crippen LogP contribution >= 0.6 is 27.3 Å². The molecular formula is C18H16BrFN2OS. The molecule has 0 aliphatic carbocycles. The highest BCUT2D eigenvalue weighted by Gasteiger charge is 2.18. The molecule has 24 heavy (non-hydrogen) atoms. The molecule has 2 heterocycles. The Balaban J connectivity index is 1.87. The average Bonchev–Trinajstić information content (AvgIpc) is 3.12. The highest BCUT2D eigenvalue weighted by Crippen LogP contribution is 2.33. The highest BCUT2D eigenvalue weighted by molar-refractivity contribution is 9.10. The predicted octanol–water partition coefficient (Wildman–Crippen LogP) is 5.11. The zero-order chi connectivity index (χ0) is 17.1. The third-order valence-electron chi connectivity index (χ3n) is 3.73. The molecule has 0 spiro atoms. The van der Waals surface area contributed by atoms with Crippen LogP contribution in [0.25, 0.3) is 10.2 Å². The number of amides is 1. The Morgan fingerprint density at radius 2 is 2.21 bits per heavy atom.